The number of fused-ring (bicyclic) bond motifs is 18. The number of rotatable bonds is 6. The Morgan fingerprint density at radius 3 is 1.40 bits per heavy atom. The molecule has 6 aromatic rings. The number of methoxy groups -OCH3 is 4. The summed E-state index contributed by atoms with van der Waals surface area (Å²) in [4.78, 5) is 63.7. The highest BCUT2D eigenvalue weighted by atomic mass is 32.2. The van der Waals surface area contributed by atoms with Crippen molar-refractivity contribution >= 4 is 47.4 Å². The third-order valence-corrected chi connectivity index (χ3v) is 27.6. The molecule has 14 atom stereocenters. The molecule has 8 bridgehead atoms. The lowest BCUT2D eigenvalue weighted by Crippen LogP contribution is -2.70. The van der Waals surface area contributed by atoms with Gasteiger partial charge in [0.25, 0.3) is 0 Å². The van der Waals surface area contributed by atoms with Crippen molar-refractivity contribution in [2.24, 2.45) is 0 Å². The van der Waals surface area contributed by atoms with Gasteiger partial charge in [0.2, 0.25) is 13.6 Å². The zero-order valence-electron chi connectivity index (χ0n) is 62.2. The van der Waals surface area contributed by atoms with Crippen molar-refractivity contribution in [2.75, 3.05) is 93.9 Å². The highest BCUT2D eigenvalue weighted by molar-refractivity contribution is 7.99. The number of ether oxygens (including phenoxy) is 12. The van der Waals surface area contributed by atoms with Crippen LogP contribution in [0.3, 0.4) is 0 Å². The van der Waals surface area contributed by atoms with E-state index in [4.69, 9.17) is 56.8 Å². The topological polar surface area (TPSA) is 341 Å². The number of benzene rings is 6. The smallest absolute Gasteiger partial charge is 0.331 e. The molecule has 0 aliphatic carbocycles. The molecular weight excluding hydrogens is 1450 g/mol. The number of hydrogen-bond acceptors (Lipinski definition) is 30. The number of piperazine rings is 2. The van der Waals surface area contributed by atoms with Crippen LogP contribution in [0.15, 0.2) is 36.4 Å². The second kappa shape index (κ2) is 26.7. The number of nitrogens with zero attached hydrogens (tertiary/aromatic N) is 5. The summed E-state index contributed by atoms with van der Waals surface area (Å²) in [6.07, 6.45) is 1.02. The Morgan fingerprint density at radius 2 is 0.972 bits per heavy atom. The minimum absolute atomic E-state index is 0.0226. The molecule has 14 heterocycles. The fraction of sp³-hybridized carbons (Fsp3) is 0.481. The van der Waals surface area contributed by atoms with Crippen LogP contribution in [0.5, 0.6) is 80.5 Å². The number of carbonyl (C=O) groups excluding carboxylic acids is 4. The van der Waals surface area contributed by atoms with Crippen LogP contribution < -0.4 is 58.0 Å². The number of nitriles is 1. The number of carbonyl (C=O) groups is 4. The van der Waals surface area contributed by atoms with Crippen LogP contribution in [-0.2, 0) is 65.4 Å². The van der Waals surface area contributed by atoms with Crippen molar-refractivity contribution in [3.63, 3.8) is 0 Å². The number of aliphatic hydroxyl groups excluding tert-OH is 1. The maximum absolute atomic E-state index is 14.7. The average molecular weight is 1530 g/mol. The summed E-state index contributed by atoms with van der Waals surface area (Å²) in [6, 6.07) is 8.41. The molecule has 0 saturated carbocycles. The first-order valence-corrected chi connectivity index (χ1v) is 38.5. The molecule has 14 aliphatic heterocycles. The zero-order chi connectivity index (χ0) is 76.6. The van der Waals surface area contributed by atoms with Crippen LogP contribution in [0, 0.1) is 39.0 Å². The van der Waals surface area contributed by atoms with Gasteiger partial charge in [-0.05, 0) is 136 Å². The molecule has 4 fully saturated rings. The van der Waals surface area contributed by atoms with E-state index >= 15 is 0 Å². The Kier molecular flexibility index (Phi) is 17.8. The van der Waals surface area contributed by atoms with Gasteiger partial charge in [0.1, 0.15) is 37.0 Å². The number of aliphatic hydroxyl groups is 1. The molecule has 574 valence electrons. The minimum Gasteiger partial charge on any atom is -0.504 e. The van der Waals surface area contributed by atoms with Gasteiger partial charge >= 0.3 is 23.9 Å². The lowest BCUT2D eigenvalue weighted by molar-refractivity contribution is -0.186. The standard InChI is InChI=1S/C40H42N4O10S.C39H43N3O11S/c1-17-9-21-10-23-24(13-41)44-25-14-51-39(48)40(22-12-27(49-5)26(46)11-20(22)7-8-42-40)15-55-38(32(44)31(43(23)4)28(21)33(47)34(17)50-6)30-29(25)37-36(52-16-53-37)18(2)35(30)54-19(3)45;1-16-9-20-10-22-37(46)42-23-13-50-38(47)39(21-12-25(48-5)24(44)11-19(21)7-8-40-39)14-54-36(30(42)29(41(22)4)26(20)31(45)32(16)49-6)28-27(23)35-34(51-15-52-35)17(2)33(28)53-18(3)43/h9,11-12,23-25,31-32,38,42,46-47H,7-8,10,14-16H2,1-6H3;9,11-12,22-23,29-30,36-37,40,44-46H,7-8,10,13-15H2,1-6H3/t23-,24-,25-,31+,32?,38+,40+;22-,23-,29+,30?,36+,37-,39+/m00/s1. The van der Waals surface area contributed by atoms with E-state index in [2.05, 4.69) is 31.4 Å². The van der Waals surface area contributed by atoms with Crippen molar-refractivity contribution in [3.05, 3.63) is 125 Å². The molecule has 14 aliphatic rings. The fourth-order valence-corrected chi connectivity index (χ4v) is 23.6. The monoisotopic (exact) mass is 1530 g/mol. The quantitative estimate of drug-likeness (QED) is 0.0630. The number of aryl methyl sites for hydroxylation is 2. The van der Waals surface area contributed by atoms with E-state index in [0.717, 1.165) is 33.4 Å². The molecule has 2 unspecified atom stereocenters. The van der Waals surface area contributed by atoms with Gasteiger partial charge in [0.15, 0.2) is 80.1 Å². The lowest BCUT2D eigenvalue weighted by atomic mass is 9.71. The molecular formula is C79H85N7O21S2. The highest BCUT2D eigenvalue weighted by Crippen LogP contribution is 2.68. The van der Waals surface area contributed by atoms with Crippen LogP contribution in [0.25, 0.3) is 0 Å². The molecule has 6 aromatic carbocycles. The van der Waals surface area contributed by atoms with Gasteiger partial charge in [-0.1, -0.05) is 12.1 Å². The summed E-state index contributed by atoms with van der Waals surface area (Å²) < 4.78 is 72.0. The second-order valence-electron chi connectivity index (χ2n) is 30.0. The first kappa shape index (κ1) is 72.6. The number of thioether (sulfide) groups is 2. The highest BCUT2D eigenvalue weighted by Gasteiger charge is 2.65. The van der Waals surface area contributed by atoms with E-state index in [0.29, 0.717) is 140 Å². The second-order valence-corrected chi connectivity index (χ2v) is 32.3. The molecule has 0 amide bonds. The Bertz CT molecular complexity index is 4960. The number of phenolic OH excluding ortho intramolecular Hbond substituents is 4. The summed E-state index contributed by atoms with van der Waals surface area (Å²) in [5, 5.41) is 75.0. The number of nitrogens with one attached hydrogen (secondary N) is 2. The van der Waals surface area contributed by atoms with Gasteiger partial charge in [-0.2, -0.15) is 5.26 Å². The number of esters is 4. The molecule has 4 saturated heterocycles. The van der Waals surface area contributed by atoms with Crippen molar-refractivity contribution in [3.8, 4) is 86.6 Å². The number of phenols is 4. The van der Waals surface area contributed by atoms with Gasteiger partial charge in [-0.15, -0.1) is 23.5 Å². The largest absolute Gasteiger partial charge is 0.504 e. The molecule has 0 aromatic heterocycles. The van der Waals surface area contributed by atoms with Gasteiger partial charge < -0.3 is 82.4 Å². The zero-order valence-corrected chi connectivity index (χ0v) is 63.8. The third-order valence-electron chi connectivity index (χ3n) is 24.7. The van der Waals surface area contributed by atoms with E-state index in [1.54, 1.807) is 24.3 Å². The van der Waals surface area contributed by atoms with Crippen molar-refractivity contribution in [1.82, 2.24) is 30.2 Å². The van der Waals surface area contributed by atoms with E-state index in [-0.39, 0.29) is 84.9 Å². The van der Waals surface area contributed by atoms with Crippen molar-refractivity contribution in [2.45, 2.75) is 149 Å². The van der Waals surface area contributed by atoms with Gasteiger partial charge in [-0.3, -0.25) is 39.8 Å². The SMILES string of the molecule is COc1cc2c(cc1O)CCN[C@]21CS[C@@H]2c3c(OC(C)=O)c(C)c4c(c3[C@H](COC1=O)N1C2[C@H]2c3c(cc(C)c(OC)c3O)C[C@@H]([C@@H]1C#N)N2C)OCO4.COc1cc2c(cc1O)CCN[C@]21CS[C@@H]2c3c(OC(C)=O)c(C)c4c(c3[C@H](COC1=O)N1C2[C@H]2c3c(cc(C)c(OC)c3O)C[C@@H]([C@@H]1O)N2C)OCO4. The summed E-state index contributed by atoms with van der Waals surface area (Å²) in [7, 11) is 9.94. The first-order chi connectivity index (χ1) is 52.4. The van der Waals surface area contributed by atoms with Crippen LogP contribution in [-0.4, -0.2) is 199 Å². The first-order valence-electron chi connectivity index (χ1n) is 36.4. The predicted molar refractivity (Wildman–Crippen MR) is 393 cm³/mol. The Hall–Kier alpha value is -9.29. The van der Waals surface area contributed by atoms with Crippen LogP contribution in [0.2, 0.25) is 0 Å². The molecule has 28 nitrogen and oxygen atoms in total. The Labute approximate surface area is 636 Å². The Balaban J connectivity index is 0.000000159. The van der Waals surface area contributed by atoms with Crippen LogP contribution in [0.1, 0.15) is 138 Å². The minimum atomic E-state index is -1.36. The third kappa shape index (κ3) is 10.5. The fourth-order valence-electron chi connectivity index (χ4n) is 20.2. The van der Waals surface area contributed by atoms with Gasteiger partial charge in [0.05, 0.1) is 75.2 Å². The van der Waals surface area contributed by atoms with E-state index in [1.807, 2.05) is 58.8 Å². The average Bonchev–Trinajstić information content (AvgIpc) is 1.54. The summed E-state index contributed by atoms with van der Waals surface area (Å²) in [5.41, 5.74) is 8.77. The summed E-state index contributed by atoms with van der Waals surface area (Å²) in [5.74, 6) is 1.92. The number of likely N-dealkylation sites (N-methyl/N-ethyl adjacent to an activating group) is 2. The molecule has 7 N–H and O–H groups in total. The summed E-state index contributed by atoms with van der Waals surface area (Å²) in [6.45, 7) is 10.5. The summed E-state index contributed by atoms with van der Waals surface area (Å²) >= 11 is 2.95. The maximum Gasteiger partial charge on any atom is 0.331 e. The van der Waals surface area contributed by atoms with E-state index in [9.17, 15) is 50.0 Å². The van der Waals surface area contributed by atoms with Crippen LogP contribution in [0.4, 0.5) is 0 Å². The normalized spacial score (nSPS) is 29.2. The van der Waals surface area contributed by atoms with Crippen molar-refractivity contribution < 1.29 is 102 Å². The van der Waals surface area contributed by atoms with Crippen LogP contribution >= 0.6 is 23.5 Å². The number of aromatic hydroxyl groups is 4. The molecule has 0 radical (unpaired) electrons. The van der Waals surface area contributed by atoms with Gasteiger partial charge in [0, 0.05) is 101 Å². The van der Waals surface area contributed by atoms with E-state index in [1.165, 1.54) is 65.8 Å². The molecule has 109 heavy (non-hydrogen) atoms. The molecule has 20 rings (SSSR count). The van der Waals surface area contributed by atoms with Crippen molar-refractivity contribution in [1.29, 1.82) is 5.26 Å². The Morgan fingerprint density at radius 1 is 0.550 bits per heavy atom. The molecule has 2 spiro atoms. The predicted octanol–water partition coefficient (Wildman–Crippen LogP) is 7.40. The van der Waals surface area contributed by atoms with Gasteiger partial charge in [-0.25, -0.2) is 9.59 Å². The van der Waals surface area contributed by atoms with E-state index < -0.39 is 94.0 Å². The maximum atomic E-state index is 14.7. The number of hydrogen-bond donors (Lipinski definition) is 7. The molecule has 30 heteroatoms. The lowest BCUT2D eigenvalue weighted by Gasteiger charge is -2.62.